The third-order valence-electron chi connectivity index (χ3n) is 6.50. The lowest BCUT2D eigenvalue weighted by atomic mass is 9.89. The summed E-state index contributed by atoms with van der Waals surface area (Å²) in [5.74, 6) is 1.85. The quantitative estimate of drug-likeness (QED) is 0.682. The summed E-state index contributed by atoms with van der Waals surface area (Å²) in [6.07, 6.45) is 0.886. The first-order valence-corrected chi connectivity index (χ1v) is 11.3. The van der Waals surface area contributed by atoms with E-state index in [0.29, 0.717) is 24.3 Å². The minimum Gasteiger partial charge on any atom is -0.395 e. The average Bonchev–Trinajstić information content (AvgIpc) is 3.20. The fourth-order valence-corrected chi connectivity index (χ4v) is 4.69. The van der Waals surface area contributed by atoms with Gasteiger partial charge in [0.25, 0.3) is 0 Å². The molecule has 0 aromatic carbocycles. The maximum atomic E-state index is 13.1. The van der Waals surface area contributed by atoms with Crippen molar-refractivity contribution in [3.05, 3.63) is 41.6 Å². The average molecular weight is 450 g/mol. The van der Waals surface area contributed by atoms with Gasteiger partial charge in [-0.05, 0) is 81.4 Å². The molecule has 1 atom stereocenters. The second kappa shape index (κ2) is 9.62. The summed E-state index contributed by atoms with van der Waals surface area (Å²) in [6.45, 7) is 5.79. The fraction of sp³-hybridized carbons (Fsp3) is 0.565. The van der Waals surface area contributed by atoms with Crippen molar-refractivity contribution in [1.29, 1.82) is 0 Å². The second-order valence-electron chi connectivity index (χ2n) is 8.72. The topological polar surface area (TPSA) is 64.5 Å². The largest absolute Gasteiger partial charge is 0.416 e. The molecule has 0 saturated carbocycles. The summed E-state index contributed by atoms with van der Waals surface area (Å²) in [6, 6.07) is 6.44. The summed E-state index contributed by atoms with van der Waals surface area (Å²) >= 11 is 0. The number of alkyl halides is 3. The second-order valence-corrected chi connectivity index (χ2v) is 8.72. The molecule has 0 aliphatic carbocycles. The Labute approximate surface area is 186 Å². The van der Waals surface area contributed by atoms with E-state index in [4.69, 9.17) is 4.98 Å². The molecule has 9 heteroatoms. The highest BCUT2D eigenvalue weighted by molar-refractivity contribution is 5.59. The number of pyridine rings is 2. The SMILES string of the molecule is C[C@@H]1CCCN1c1cc(C2CCN(CCO)CC2)cc(Nc2cc(C(F)(F)F)ccn2)n1. The van der Waals surface area contributed by atoms with Gasteiger partial charge in [-0.3, -0.25) is 0 Å². The number of nitrogens with one attached hydrogen (secondary N) is 1. The number of halogens is 3. The zero-order chi connectivity index (χ0) is 22.7. The Morgan fingerprint density at radius 1 is 1.09 bits per heavy atom. The number of likely N-dealkylation sites (tertiary alicyclic amines) is 1. The van der Waals surface area contributed by atoms with Crippen LogP contribution in [0.25, 0.3) is 0 Å². The van der Waals surface area contributed by atoms with Crippen molar-refractivity contribution in [1.82, 2.24) is 14.9 Å². The molecule has 2 aliphatic heterocycles. The molecule has 2 saturated heterocycles. The van der Waals surface area contributed by atoms with Crippen molar-refractivity contribution >= 4 is 17.5 Å². The lowest BCUT2D eigenvalue weighted by Crippen LogP contribution is -2.35. The third kappa shape index (κ3) is 5.32. The van der Waals surface area contributed by atoms with Gasteiger partial charge in [0.2, 0.25) is 0 Å². The molecule has 0 spiro atoms. The molecule has 0 amide bonds. The Bertz CT molecular complexity index is 915. The van der Waals surface area contributed by atoms with E-state index in [1.54, 1.807) is 0 Å². The highest BCUT2D eigenvalue weighted by Crippen LogP contribution is 2.35. The zero-order valence-corrected chi connectivity index (χ0v) is 18.3. The number of aliphatic hydroxyl groups excluding tert-OH is 1. The number of β-amino-alcohol motifs (C(OH)–C–C–N with tert-alkyl or cyclic N) is 1. The smallest absolute Gasteiger partial charge is 0.395 e. The Kier molecular flexibility index (Phi) is 6.85. The highest BCUT2D eigenvalue weighted by atomic mass is 19.4. The molecule has 2 aliphatic rings. The first-order chi connectivity index (χ1) is 15.3. The molecular formula is C23H30F3N5O. The number of nitrogens with zero attached hydrogens (tertiary/aromatic N) is 4. The van der Waals surface area contributed by atoms with Crippen molar-refractivity contribution in [3.8, 4) is 0 Å². The van der Waals surface area contributed by atoms with E-state index >= 15 is 0 Å². The van der Waals surface area contributed by atoms with E-state index in [-0.39, 0.29) is 12.4 Å². The lowest BCUT2D eigenvalue weighted by Gasteiger charge is -2.32. The number of hydrogen-bond donors (Lipinski definition) is 2. The predicted molar refractivity (Wildman–Crippen MR) is 118 cm³/mol. The summed E-state index contributed by atoms with van der Waals surface area (Å²) in [4.78, 5) is 13.3. The van der Waals surface area contributed by atoms with Crippen LogP contribution in [-0.4, -0.2) is 58.8 Å². The maximum Gasteiger partial charge on any atom is 0.416 e. The predicted octanol–water partition coefficient (Wildman–Crippen LogP) is 4.40. The Morgan fingerprint density at radius 3 is 2.53 bits per heavy atom. The molecule has 2 aromatic heterocycles. The third-order valence-corrected chi connectivity index (χ3v) is 6.50. The molecule has 32 heavy (non-hydrogen) atoms. The van der Waals surface area contributed by atoms with Gasteiger partial charge in [0, 0.05) is 25.3 Å². The molecular weight excluding hydrogens is 419 g/mol. The van der Waals surface area contributed by atoms with Crippen LogP contribution in [0.4, 0.5) is 30.6 Å². The van der Waals surface area contributed by atoms with Crippen molar-refractivity contribution in [2.45, 2.75) is 50.7 Å². The Morgan fingerprint density at radius 2 is 1.88 bits per heavy atom. The Balaban J connectivity index is 1.61. The molecule has 0 bridgehead atoms. The maximum absolute atomic E-state index is 13.1. The van der Waals surface area contributed by atoms with E-state index in [9.17, 15) is 18.3 Å². The number of anilines is 3. The molecule has 2 aromatic rings. The minimum absolute atomic E-state index is 0.127. The van der Waals surface area contributed by atoms with Gasteiger partial charge in [-0.25, -0.2) is 9.97 Å². The molecule has 2 fully saturated rings. The zero-order valence-electron chi connectivity index (χ0n) is 18.3. The molecule has 0 unspecified atom stereocenters. The van der Waals surface area contributed by atoms with E-state index in [0.717, 1.165) is 75.0 Å². The standard InChI is InChI=1S/C23H30F3N5O/c1-16-3-2-8-31(16)22-14-18(17-5-9-30(10-6-17)11-12-32)13-21(29-22)28-20-15-19(4-7-27-20)23(24,25)26/h4,7,13-17,32H,2-3,5-6,8-12H2,1H3,(H,27,28,29)/t16-/m1/s1. The van der Waals surface area contributed by atoms with E-state index in [2.05, 4.69) is 33.1 Å². The number of aromatic nitrogens is 2. The van der Waals surface area contributed by atoms with Crippen LogP contribution in [0.1, 0.15) is 49.7 Å². The molecule has 174 valence electrons. The first kappa shape index (κ1) is 22.8. The van der Waals surface area contributed by atoms with Crippen LogP contribution in [0, 0.1) is 0 Å². The normalized spacial score (nSPS) is 20.7. The summed E-state index contributed by atoms with van der Waals surface area (Å²) in [7, 11) is 0. The first-order valence-electron chi connectivity index (χ1n) is 11.3. The molecule has 6 nitrogen and oxygen atoms in total. The van der Waals surface area contributed by atoms with Crippen LogP contribution in [0.15, 0.2) is 30.5 Å². The van der Waals surface area contributed by atoms with Crippen molar-refractivity contribution in [3.63, 3.8) is 0 Å². The number of hydrogen-bond acceptors (Lipinski definition) is 6. The number of rotatable bonds is 6. The monoisotopic (exact) mass is 449 g/mol. The van der Waals surface area contributed by atoms with E-state index < -0.39 is 11.7 Å². The summed E-state index contributed by atoms with van der Waals surface area (Å²) in [5, 5.41) is 12.2. The highest BCUT2D eigenvalue weighted by Gasteiger charge is 2.31. The lowest BCUT2D eigenvalue weighted by molar-refractivity contribution is -0.137. The minimum atomic E-state index is -4.42. The molecule has 2 N–H and O–H groups in total. The van der Waals surface area contributed by atoms with Crippen LogP contribution in [-0.2, 0) is 6.18 Å². The van der Waals surface area contributed by atoms with Gasteiger partial charge in [-0.1, -0.05) is 0 Å². The number of piperidine rings is 1. The van der Waals surface area contributed by atoms with Crippen molar-refractivity contribution in [2.75, 3.05) is 43.0 Å². The fourth-order valence-electron chi connectivity index (χ4n) is 4.69. The van der Waals surface area contributed by atoms with Gasteiger partial charge in [0.05, 0.1) is 12.2 Å². The van der Waals surface area contributed by atoms with Crippen LogP contribution >= 0.6 is 0 Å². The van der Waals surface area contributed by atoms with Gasteiger partial charge in [0.15, 0.2) is 0 Å². The van der Waals surface area contributed by atoms with Crippen LogP contribution in [0.5, 0.6) is 0 Å². The van der Waals surface area contributed by atoms with Gasteiger partial charge >= 0.3 is 6.18 Å². The van der Waals surface area contributed by atoms with Crippen LogP contribution < -0.4 is 10.2 Å². The summed E-state index contributed by atoms with van der Waals surface area (Å²) < 4.78 is 39.3. The Hall–Kier alpha value is -2.39. The van der Waals surface area contributed by atoms with Gasteiger partial charge in [-0.15, -0.1) is 0 Å². The molecule has 4 heterocycles. The van der Waals surface area contributed by atoms with Gasteiger partial charge in [-0.2, -0.15) is 13.2 Å². The van der Waals surface area contributed by atoms with E-state index in [1.807, 2.05) is 6.07 Å². The molecule has 4 rings (SSSR count). The number of aliphatic hydroxyl groups is 1. The van der Waals surface area contributed by atoms with E-state index in [1.165, 1.54) is 0 Å². The van der Waals surface area contributed by atoms with Crippen LogP contribution in [0.2, 0.25) is 0 Å². The van der Waals surface area contributed by atoms with Crippen LogP contribution in [0.3, 0.4) is 0 Å². The van der Waals surface area contributed by atoms with Gasteiger partial charge < -0.3 is 20.2 Å². The van der Waals surface area contributed by atoms with Gasteiger partial charge in [0.1, 0.15) is 17.5 Å². The summed E-state index contributed by atoms with van der Waals surface area (Å²) in [5.41, 5.74) is 0.406. The van der Waals surface area contributed by atoms with Crippen molar-refractivity contribution < 1.29 is 18.3 Å². The molecule has 0 radical (unpaired) electrons. The van der Waals surface area contributed by atoms with Crippen molar-refractivity contribution in [2.24, 2.45) is 0 Å².